The lowest BCUT2D eigenvalue weighted by Gasteiger charge is -2.23. The highest BCUT2D eigenvalue weighted by atomic mass is 127. The predicted octanol–water partition coefficient (Wildman–Crippen LogP) is 2.95. The Labute approximate surface area is 200 Å². The molecule has 170 valence electrons. The molecule has 2 aromatic heterocycles. The van der Waals surface area contributed by atoms with Gasteiger partial charge < -0.3 is 20.3 Å². The highest BCUT2D eigenvalue weighted by Crippen LogP contribution is 2.13. The van der Waals surface area contributed by atoms with E-state index in [2.05, 4.69) is 25.5 Å². The summed E-state index contributed by atoms with van der Waals surface area (Å²) in [4.78, 5) is 27.5. The number of amides is 1. The Morgan fingerprint density at radius 2 is 2.16 bits per heavy atom. The Balaban J connectivity index is 0.00000341. The highest BCUT2D eigenvalue weighted by Gasteiger charge is 2.27. The molecule has 1 fully saturated rings. The Morgan fingerprint density at radius 1 is 1.35 bits per heavy atom. The van der Waals surface area contributed by atoms with Gasteiger partial charge in [0.05, 0.1) is 12.6 Å². The van der Waals surface area contributed by atoms with Crippen molar-refractivity contribution in [2.45, 2.75) is 52.3 Å². The summed E-state index contributed by atoms with van der Waals surface area (Å²) in [5.74, 6) is 1.65. The number of imidazole rings is 1. The largest absolute Gasteiger partial charge is 0.444 e. The number of hydrogen-bond acceptors (Lipinski definition) is 5. The second-order valence-electron chi connectivity index (χ2n) is 8.24. The first-order valence-corrected chi connectivity index (χ1v) is 10.3. The van der Waals surface area contributed by atoms with Crippen molar-refractivity contribution < 1.29 is 9.53 Å². The monoisotopic (exact) mass is 541 g/mol. The quantitative estimate of drug-likeness (QED) is 0.344. The third-order valence-corrected chi connectivity index (χ3v) is 4.53. The molecule has 1 atom stereocenters. The third-order valence-electron chi connectivity index (χ3n) is 4.53. The maximum Gasteiger partial charge on any atom is 0.407 e. The smallest absolute Gasteiger partial charge is 0.407 e. The number of hydrogen-bond donors (Lipinski definition) is 2. The Morgan fingerprint density at radius 3 is 2.84 bits per heavy atom. The molecule has 2 aromatic rings. The summed E-state index contributed by atoms with van der Waals surface area (Å²) >= 11 is 0. The molecule has 10 heteroatoms. The molecule has 0 spiro atoms. The molecule has 9 nitrogen and oxygen atoms in total. The van der Waals surface area contributed by atoms with Crippen molar-refractivity contribution in [3.8, 4) is 5.82 Å². The van der Waals surface area contributed by atoms with Crippen LogP contribution < -0.4 is 10.6 Å². The van der Waals surface area contributed by atoms with Gasteiger partial charge in [-0.15, -0.1) is 24.0 Å². The number of ether oxygens (including phenoxy) is 1. The van der Waals surface area contributed by atoms with Crippen molar-refractivity contribution in [3.63, 3.8) is 0 Å². The summed E-state index contributed by atoms with van der Waals surface area (Å²) in [5, 5.41) is 6.31. The van der Waals surface area contributed by atoms with Crippen molar-refractivity contribution in [2.24, 2.45) is 4.99 Å². The molecule has 0 aliphatic carbocycles. The molecule has 1 aliphatic rings. The van der Waals surface area contributed by atoms with Crippen LogP contribution in [-0.4, -0.2) is 62.8 Å². The van der Waals surface area contributed by atoms with Gasteiger partial charge in [-0.3, -0.25) is 4.57 Å². The van der Waals surface area contributed by atoms with Gasteiger partial charge in [-0.2, -0.15) is 0 Å². The van der Waals surface area contributed by atoms with Crippen molar-refractivity contribution >= 4 is 36.0 Å². The van der Waals surface area contributed by atoms with E-state index >= 15 is 0 Å². The summed E-state index contributed by atoms with van der Waals surface area (Å²) < 4.78 is 7.23. The fraction of sp³-hybridized carbons (Fsp3) is 0.524. The van der Waals surface area contributed by atoms with E-state index < -0.39 is 5.60 Å². The van der Waals surface area contributed by atoms with Crippen LogP contribution in [0.1, 0.15) is 39.7 Å². The summed E-state index contributed by atoms with van der Waals surface area (Å²) in [6.45, 7) is 10.5. The van der Waals surface area contributed by atoms with Crippen molar-refractivity contribution in [1.82, 2.24) is 30.1 Å². The summed E-state index contributed by atoms with van der Waals surface area (Å²) in [6, 6.07) is 4.01. The molecule has 0 saturated carbocycles. The van der Waals surface area contributed by atoms with Gasteiger partial charge in [0, 0.05) is 38.2 Å². The van der Waals surface area contributed by atoms with E-state index in [-0.39, 0.29) is 36.1 Å². The lowest BCUT2D eigenvalue weighted by atomic mass is 10.2. The number of halogens is 1. The summed E-state index contributed by atoms with van der Waals surface area (Å²) in [6.07, 6.45) is 7.57. The standard InChI is InChI=1S/C21H31N7O2.HI/c1-5-23-19(27-10-7-17(14-27)26-20(29)30-21(2,3)4)25-13-16-6-8-24-18(12-16)28-11-9-22-15-28;/h6,8-9,11-12,15,17H,5,7,10,13-14H2,1-4H3,(H,23,25)(H,26,29);1H/t17-;/m1./s1. The van der Waals surface area contributed by atoms with Crippen LogP contribution in [0.2, 0.25) is 0 Å². The summed E-state index contributed by atoms with van der Waals surface area (Å²) in [5.41, 5.74) is 0.561. The van der Waals surface area contributed by atoms with Gasteiger partial charge in [-0.1, -0.05) is 0 Å². The van der Waals surface area contributed by atoms with Crippen LogP contribution in [0.5, 0.6) is 0 Å². The van der Waals surface area contributed by atoms with Crippen LogP contribution in [0, 0.1) is 0 Å². The van der Waals surface area contributed by atoms with Crippen LogP contribution in [0.25, 0.3) is 5.82 Å². The van der Waals surface area contributed by atoms with E-state index in [1.165, 1.54) is 0 Å². The summed E-state index contributed by atoms with van der Waals surface area (Å²) in [7, 11) is 0. The number of nitrogens with zero attached hydrogens (tertiary/aromatic N) is 5. The fourth-order valence-corrected chi connectivity index (χ4v) is 3.23. The van der Waals surface area contributed by atoms with E-state index in [1.54, 1.807) is 18.7 Å². The number of carbonyl (C=O) groups is 1. The van der Waals surface area contributed by atoms with Crippen LogP contribution in [-0.2, 0) is 11.3 Å². The van der Waals surface area contributed by atoms with Crippen LogP contribution in [0.3, 0.4) is 0 Å². The van der Waals surface area contributed by atoms with E-state index in [4.69, 9.17) is 9.73 Å². The average Bonchev–Trinajstić information content (AvgIpc) is 3.36. The molecule has 1 saturated heterocycles. The SMILES string of the molecule is CCNC(=NCc1ccnc(-n2ccnc2)c1)N1CC[C@@H](NC(=O)OC(C)(C)C)C1.I. The Bertz CT molecular complexity index is 865. The van der Waals surface area contributed by atoms with Gasteiger partial charge in [0.25, 0.3) is 0 Å². The molecule has 31 heavy (non-hydrogen) atoms. The number of pyridine rings is 1. The number of aromatic nitrogens is 3. The molecule has 0 bridgehead atoms. The van der Waals surface area contributed by atoms with Gasteiger partial charge in [0.15, 0.2) is 5.96 Å². The molecule has 0 radical (unpaired) electrons. The van der Waals surface area contributed by atoms with Crippen molar-refractivity contribution in [1.29, 1.82) is 0 Å². The van der Waals surface area contributed by atoms with E-state index in [0.717, 1.165) is 36.9 Å². The minimum Gasteiger partial charge on any atom is -0.444 e. The zero-order valence-corrected chi connectivity index (χ0v) is 20.9. The fourth-order valence-electron chi connectivity index (χ4n) is 3.23. The molecular weight excluding hydrogens is 509 g/mol. The second-order valence-corrected chi connectivity index (χ2v) is 8.24. The molecule has 3 rings (SSSR count). The second kappa shape index (κ2) is 11.3. The molecule has 1 aliphatic heterocycles. The number of rotatable bonds is 5. The van der Waals surface area contributed by atoms with Gasteiger partial charge in [0.1, 0.15) is 17.7 Å². The van der Waals surface area contributed by atoms with E-state index in [1.807, 2.05) is 50.6 Å². The first-order valence-electron chi connectivity index (χ1n) is 10.3. The lowest BCUT2D eigenvalue weighted by molar-refractivity contribution is 0.0507. The minimum absolute atomic E-state index is 0. The number of carbonyl (C=O) groups excluding carboxylic acids is 1. The van der Waals surface area contributed by atoms with Gasteiger partial charge in [0.2, 0.25) is 0 Å². The number of alkyl carbamates (subject to hydrolysis) is 1. The maximum atomic E-state index is 12.0. The lowest BCUT2D eigenvalue weighted by Crippen LogP contribution is -2.44. The topological polar surface area (TPSA) is 96.7 Å². The van der Waals surface area contributed by atoms with Crippen LogP contribution in [0.15, 0.2) is 42.0 Å². The van der Waals surface area contributed by atoms with Crippen molar-refractivity contribution in [2.75, 3.05) is 19.6 Å². The number of guanidine groups is 1. The zero-order chi connectivity index (χ0) is 21.6. The Kier molecular flexibility index (Phi) is 9.08. The highest BCUT2D eigenvalue weighted by molar-refractivity contribution is 14.0. The molecule has 0 aromatic carbocycles. The first-order chi connectivity index (χ1) is 14.3. The molecule has 1 amide bonds. The average molecular weight is 541 g/mol. The molecular formula is C21H32IN7O2. The molecule has 2 N–H and O–H groups in total. The van der Waals surface area contributed by atoms with Gasteiger partial charge in [-0.25, -0.2) is 19.8 Å². The molecule has 0 unspecified atom stereocenters. The minimum atomic E-state index is -0.501. The zero-order valence-electron chi connectivity index (χ0n) is 18.5. The van der Waals surface area contributed by atoms with E-state index in [9.17, 15) is 4.79 Å². The normalized spacial score (nSPS) is 16.6. The predicted molar refractivity (Wildman–Crippen MR) is 131 cm³/mol. The van der Waals surface area contributed by atoms with Gasteiger partial charge >= 0.3 is 6.09 Å². The third kappa shape index (κ3) is 7.67. The van der Waals surface area contributed by atoms with Crippen molar-refractivity contribution in [3.05, 3.63) is 42.6 Å². The molecule has 3 heterocycles. The number of aliphatic imine (C=N–C) groups is 1. The van der Waals surface area contributed by atoms with Crippen LogP contribution >= 0.6 is 24.0 Å². The van der Waals surface area contributed by atoms with E-state index in [0.29, 0.717) is 13.1 Å². The number of likely N-dealkylation sites (tertiary alicyclic amines) is 1. The van der Waals surface area contributed by atoms with Crippen LogP contribution in [0.4, 0.5) is 4.79 Å². The first kappa shape index (κ1) is 24.9. The van der Waals surface area contributed by atoms with Gasteiger partial charge in [-0.05, 0) is 51.8 Å². The number of nitrogens with one attached hydrogen (secondary N) is 2. The Hall–Kier alpha value is -2.37. The maximum absolute atomic E-state index is 12.0.